The van der Waals surface area contributed by atoms with Crippen LogP contribution in [0.15, 0.2) is 59.6 Å². The Kier molecular flexibility index (Phi) is 17.7. The van der Waals surface area contributed by atoms with Crippen molar-refractivity contribution in [2.75, 3.05) is 24.4 Å². The van der Waals surface area contributed by atoms with E-state index in [1.165, 1.54) is 81.1 Å². The van der Waals surface area contributed by atoms with Crippen molar-refractivity contribution < 1.29 is 9.53 Å². The third kappa shape index (κ3) is 13.6. The fourth-order valence-electron chi connectivity index (χ4n) is 5.05. The number of amides is 2. The molecule has 41 heavy (non-hydrogen) atoms. The number of allylic oxidation sites excluding steroid dienone is 1. The Hall–Kier alpha value is -2.12. The molecule has 1 N–H and O–H groups in total. The number of hydrogen-bond donors (Lipinski definition) is 1. The van der Waals surface area contributed by atoms with E-state index >= 15 is 0 Å². The first-order chi connectivity index (χ1) is 19.6. The Balaban J connectivity index is 0.00000588. The summed E-state index contributed by atoms with van der Waals surface area (Å²) in [5.41, 5.74) is 3.19. The lowest BCUT2D eigenvalue weighted by Gasteiger charge is -2.23. The number of nitrogens with zero attached hydrogens (tertiary/aromatic N) is 2. The first kappa shape index (κ1) is 35.1. The summed E-state index contributed by atoms with van der Waals surface area (Å²) < 4.78 is 5.98. The van der Waals surface area contributed by atoms with Crippen LogP contribution in [-0.4, -0.2) is 30.5 Å². The number of nitrogens with one attached hydrogen (secondary N) is 1. The van der Waals surface area contributed by atoms with E-state index in [0.717, 1.165) is 42.4 Å². The smallest absolute Gasteiger partial charge is 0.321 e. The Morgan fingerprint density at radius 2 is 1.41 bits per heavy atom. The lowest BCUT2D eigenvalue weighted by Crippen LogP contribution is -2.37. The molecular weight excluding hydrogens is 594 g/mol. The van der Waals surface area contributed by atoms with Crippen LogP contribution in [0.4, 0.5) is 10.5 Å². The SMILES string of the molecule is Br.CCCCCCCCCCCCCCOc1ccc(CN(C(=O)NC)c2ccc(CN3C=C(C)SC3)cc2)cc1. The number of halogens is 1. The molecule has 5 nitrogen and oxygen atoms in total. The second-order valence-corrected chi connectivity index (χ2v) is 12.1. The van der Waals surface area contributed by atoms with Crippen LogP contribution in [0.2, 0.25) is 0 Å². The first-order valence-corrected chi connectivity index (χ1v) is 16.4. The van der Waals surface area contributed by atoms with Crippen LogP contribution in [0.25, 0.3) is 0 Å². The summed E-state index contributed by atoms with van der Waals surface area (Å²) in [5.74, 6) is 1.89. The molecule has 228 valence electrons. The van der Waals surface area contributed by atoms with Crippen molar-refractivity contribution in [3.05, 3.63) is 70.8 Å². The zero-order valence-corrected chi connectivity index (χ0v) is 28.1. The van der Waals surface area contributed by atoms with E-state index in [-0.39, 0.29) is 23.0 Å². The average molecular weight is 647 g/mol. The second kappa shape index (κ2) is 20.7. The van der Waals surface area contributed by atoms with E-state index in [9.17, 15) is 4.79 Å². The van der Waals surface area contributed by atoms with Gasteiger partial charge in [0, 0.05) is 25.5 Å². The van der Waals surface area contributed by atoms with Crippen LogP contribution in [0.5, 0.6) is 5.75 Å². The van der Waals surface area contributed by atoms with Gasteiger partial charge in [0.25, 0.3) is 0 Å². The number of anilines is 1. The van der Waals surface area contributed by atoms with Crippen LogP contribution in [0, 0.1) is 0 Å². The number of carbonyl (C=O) groups is 1. The van der Waals surface area contributed by atoms with Crippen molar-refractivity contribution in [3.63, 3.8) is 0 Å². The molecule has 2 aromatic rings. The summed E-state index contributed by atoms with van der Waals surface area (Å²) in [6, 6.07) is 16.3. The molecule has 0 aromatic heterocycles. The van der Waals surface area contributed by atoms with Gasteiger partial charge in [-0.15, -0.1) is 28.7 Å². The highest BCUT2D eigenvalue weighted by Gasteiger charge is 2.16. The Labute approximate surface area is 264 Å². The summed E-state index contributed by atoms with van der Waals surface area (Å²) >= 11 is 1.87. The van der Waals surface area contributed by atoms with Crippen LogP contribution in [0.1, 0.15) is 102 Å². The molecule has 0 atom stereocenters. The topological polar surface area (TPSA) is 44.8 Å². The predicted octanol–water partition coefficient (Wildman–Crippen LogP) is 10.1. The molecular formula is C34H52BrN3O2S. The van der Waals surface area contributed by atoms with Gasteiger partial charge in [0.1, 0.15) is 5.75 Å². The standard InChI is InChI=1S/C34H51N3O2S.BrH/c1-4-5-6-7-8-9-10-11-12-13-14-15-24-39-33-22-18-31(19-23-33)27-37(34(38)35-3)32-20-16-30(17-21-32)26-36-25-29(2)40-28-36;/h16-23,25H,4-15,24,26-28H2,1-3H3,(H,35,38);1H. The fraction of sp³-hybridized carbons (Fsp3) is 0.559. The Bertz CT molecular complexity index is 1010. The van der Waals surface area contributed by atoms with Gasteiger partial charge in [0.15, 0.2) is 0 Å². The van der Waals surface area contributed by atoms with Gasteiger partial charge in [-0.3, -0.25) is 4.90 Å². The van der Waals surface area contributed by atoms with Gasteiger partial charge < -0.3 is 15.0 Å². The van der Waals surface area contributed by atoms with E-state index in [0.29, 0.717) is 6.54 Å². The summed E-state index contributed by atoms with van der Waals surface area (Å²) in [6.07, 6.45) is 18.4. The third-order valence-corrected chi connectivity index (χ3v) is 8.47. The highest BCUT2D eigenvalue weighted by molar-refractivity contribution is 8.93. The molecule has 0 bridgehead atoms. The van der Waals surface area contributed by atoms with Crippen molar-refractivity contribution in [2.24, 2.45) is 0 Å². The molecule has 2 amide bonds. The van der Waals surface area contributed by atoms with Crippen LogP contribution >= 0.6 is 28.7 Å². The molecule has 3 rings (SSSR count). The Morgan fingerprint density at radius 1 is 0.854 bits per heavy atom. The minimum absolute atomic E-state index is 0. The highest BCUT2D eigenvalue weighted by Crippen LogP contribution is 2.27. The van der Waals surface area contributed by atoms with Gasteiger partial charge >= 0.3 is 6.03 Å². The molecule has 1 heterocycles. The molecule has 2 aromatic carbocycles. The maximum absolute atomic E-state index is 12.7. The van der Waals surface area contributed by atoms with Crippen LogP contribution in [0.3, 0.4) is 0 Å². The molecule has 0 saturated carbocycles. The van der Waals surface area contributed by atoms with E-state index in [4.69, 9.17) is 4.74 Å². The first-order valence-electron chi connectivity index (χ1n) is 15.4. The summed E-state index contributed by atoms with van der Waals surface area (Å²) in [4.78, 5) is 18.1. The van der Waals surface area contributed by atoms with Crippen molar-refractivity contribution in [2.45, 2.75) is 104 Å². The molecule has 0 aliphatic carbocycles. The predicted molar refractivity (Wildman–Crippen MR) is 182 cm³/mol. The van der Waals surface area contributed by atoms with Gasteiger partial charge in [-0.25, -0.2) is 4.79 Å². The minimum Gasteiger partial charge on any atom is -0.494 e. The molecule has 0 radical (unpaired) electrons. The monoisotopic (exact) mass is 645 g/mol. The molecule has 0 unspecified atom stereocenters. The number of unbranched alkanes of at least 4 members (excludes halogenated alkanes) is 11. The summed E-state index contributed by atoms with van der Waals surface area (Å²) in [5, 5.41) is 2.78. The van der Waals surface area contributed by atoms with Crippen molar-refractivity contribution in [3.8, 4) is 5.75 Å². The molecule has 0 spiro atoms. The van der Waals surface area contributed by atoms with Crippen molar-refractivity contribution in [1.29, 1.82) is 0 Å². The quantitative estimate of drug-likeness (QED) is 0.154. The van der Waals surface area contributed by atoms with E-state index in [1.807, 2.05) is 36.0 Å². The number of urea groups is 1. The maximum Gasteiger partial charge on any atom is 0.321 e. The molecule has 0 saturated heterocycles. The van der Waals surface area contributed by atoms with Gasteiger partial charge in [-0.2, -0.15) is 0 Å². The number of benzene rings is 2. The Morgan fingerprint density at radius 3 is 1.95 bits per heavy atom. The lowest BCUT2D eigenvalue weighted by molar-refractivity contribution is 0.248. The maximum atomic E-state index is 12.7. The third-order valence-electron chi connectivity index (χ3n) is 7.45. The minimum atomic E-state index is -0.116. The number of carbonyl (C=O) groups excluding carboxylic acids is 1. The normalized spacial score (nSPS) is 12.6. The number of hydrogen-bond acceptors (Lipinski definition) is 4. The summed E-state index contributed by atoms with van der Waals surface area (Å²) in [7, 11) is 1.68. The van der Waals surface area contributed by atoms with E-state index in [1.54, 1.807) is 11.9 Å². The van der Waals surface area contributed by atoms with Crippen LogP contribution < -0.4 is 15.0 Å². The van der Waals surface area contributed by atoms with Gasteiger partial charge in [0.05, 0.1) is 19.0 Å². The lowest BCUT2D eigenvalue weighted by atomic mass is 10.1. The van der Waals surface area contributed by atoms with Crippen molar-refractivity contribution >= 4 is 40.5 Å². The molecule has 7 heteroatoms. The van der Waals surface area contributed by atoms with Crippen LogP contribution in [-0.2, 0) is 13.1 Å². The zero-order valence-electron chi connectivity index (χ0n) is 25.5. The van der Waals surface area contributed by atoms with E-state index < -0.39 is 0 Å². The number of ether oxygens (including phenoxy) is 1. The average Bonchev–Trinajstić information content (AvgIpc) is 3.39. The number of rotatable bonds is 19. The fourth-order valence-corrected chi connectivity index (χ4v) is 5.80. The van der Waals surface area contributed by atoms with Gasteiger partial charge in [-0.1, -0.05) is 102 Å². The van der Waals surface area contributed by atoms with Gasteiger partial charge in [0.2, 0.25) is 0 Å². The molecule has 0 fully saturated rings. The largest absolute Gasteiger partial charge is 0.494 e. The number of thioether (sulfide) groups is 1. The second-order valence-electron chi connectivity index (χ2n) is 10.9. The molecule has 1 aliphatic rings. The molecule has 1 aliphatic heterocycles. The van der Waals surface area contributed by atoms with Gasteiger partial charge in [-0.05, 0) is 53.6 Å². The summed E-state index contributed by atoms with van der Waals surface area (Å²) in [6.45, 7) is 6.57. The van der Waals surface area contributed by atoms with Crippen molar-refractivity contribution in [1.82, 2.24) is 10.2 Å². The zero-order chi connectivity index (χ0) is 28.4. The van der Waals surface area contributed by atoms with E-state index in [2.05, 4.69) is 54.5 Å². The highest BCUT2D eigenvalue weighted by atomic mass is 79.9.